The van der Waals surface area contributed by atoms with E-state index < -0.39 is 10.0 Å². The molecule has 1 N–H and O–H groups in total. The third kappa shape index (κ3) is 5.43. The van der Waals surface area contributed by atoms with Crippen molar-refractivity contribution in [1.29, 1.82) is 0 Å². The molecule has 0 saturated carbocycles. The topological polar surface area (TPSA) is 52.7 Å². The number of nitrogens with one attached hydrogen (secondary N) is 1. The Bertz CT molecular complexity index is 583. The van der Waals surface area contributed by atoms with Crippen LogP contribution in [0.5, 0.6) is 0 Å². The normalized spacial score (nSPS) is 23.6. The molecule has 1 unspecified atom stereocenters. The third-order valence-corrected chi connectivity index (χ3v) is 6.68. The van der Waals surface area contributed by atoms with Gasteiger partial charge in [-0.3, -0.25) is 0 Å². The molecule has 0 amide bonds. The van der Waals surface area contributed by atoms with Crippen molar-refractivity contribution in [3.05, 3.63) is 35.9 Å². The smallest absolute Gasteiger partial charge is 0.218 e. The number of halogens is 1. The van der Waals surface area contributed by atoms with Crippen LogP contribution in [0, 0.1) is 5.92 Å². The minimum absolute atomic E-state index is 0. The van der Waals surface area contributed by atoms with Crippen LogP contribution in [0.1, 0.15) is 18.4 Å². The van der Waals surface area contributed by atoms with E-state index in [2.05, 4.69) is 10.2 Å². The van der Waals surface area contributed by atoms with Gasteiger partial charge in [0.05, 0.1) is 5.75 Å². The van der Waals surface area contributed by atoms with Crippen molar-refractivity contribution in [2.45, 2.75) is 18.6 Å². The summed E-state index contributed by atoms with van der Waals surface area (Å²) in [5.74, 6) is 0.830. The maximum absolute atomic E-state index is 12.5. The molecule has 3 rings (SSSR count). The summed E-state index contributed by atoms with van der Waals surface area (Å²) in [6.45, 7) is 6.29. The Morgan fingerprint density at radius 2 is 1.79 bits per heavy atom. The van der Waals surface area contributed by atoms with E-state index in [1.165, 1.54) is 12.8 Å². The fourth-order valence-corrected chi connectivity index (χ4v) is 5.03. The van der Waals surface area contributed by atoms with Gasteiger partial charge in [0.15, 0.2) is 0 Å². The Morgan fingerprint density at radius 3 is 2.42 bits per heavy atom. The summed E-state index contributed by atoms with van der Waals surface area (Å²) in [5.41, 5.74) is 0.864. The maximum atomic E-state index is 12.5. The lowest BCUT2D eigenvalue weighted by Gasteiger charge is -2.36. The first-order chi connectivity index (χ1) is 11.1. The highest BCUT2D eigenvalue weighted by molar-refractivity contribution is 7.88. The molecular weight excluding hydrogens is 346 g/mol. The molecule has 136 valence electrons. The first-order valence-corrected chi connectivity index (χ1v) is 10.2. The van der Waals surface area contributed by atoms with E-state index in [1.807, 2.05) is 30.3 Å². The van der Waals surface area contributed by atoms with Crippen molar-refractivity contribution in [1.82, 2.24) is 14.5 Å². The Labute approximate surface area is 151 Å². The van der Waals surface area contributed by atoms with Gasteiger partial charge in [0.1, 0.15) is 0 Å². The van der Waals surface area contributed by atoms with Crippen molar-refractivity contribution in [2.75, 3.05) is 45.8 Å². The molecule has 2 saturated heterocycles. The maximum Gasteiger partial charge on any atom is 0.218 e. The van der Waals surface area contributed by atoms with Crippen LogP contribution in [0.4, 0.5) is 0 Å². The van der Waals surface area contributed by atoms with Gasteiger partial charge in [-0.15, -0.1) is 12.4 Å². The standard InChI is InChI=1S/C17H27N3O2S.ClH/c21-23(22,15-16-5-2-1-3-6-16)20-11-9-19(10-12-20)14-17-7-4-8-18-13-17;/h1-3,5-6,17-18H,4,7-15H2;1H. The molecular formula is C17H28ClN3O2S. The molecule has 2 aliphatic rings. The van der Waals surface area contributed by atoms with Crippen molar-refractivity contribution >= 4 is 22.4 Å². The minimum atomic E-state index is -3.20. The second-order valence-corrected chi connectivity index (χ2v) is 8.62. The lowest BCUT2D eigenvalue weighted by atomic mass is 9.99. The largest absolute Gasteiger partial charge is 0.316 e. The summed E-state index contributed by atoms with van der Waals surface area (Å²) in [6.07, 6.45) is 2.55. The predicted molar refractivity (Wildman–Crippen MR) is 99.9 cm³/mol. The zero-order valence-electron chi connectivity index (χ0n) is 14.1. The molecule has 7 heteroatoms. The van der Waals surface area contributed by atoms with Gasteiger partial charge in [-0.2, -0.15) is 4.31 Å². The molecule has 0 bridgehead atoms. The van der Waals surface area contributed by atoms with Crippen molar-refractivity contribution in [2.24, 2.45) is 5.92 Å². The zero-order valence-corrected chi connectivity index (χ0v) is 15.7. The molecule has 0 aliphatic carbocycles. The van der Waals surface area contributed by atoms with E-state index in [0.717, 1.165) is 44.2 Å². The lowest BCUT2D eigenvalue weighted by Crippen LogP contribution is -2.51. The van der Waals surface area contributed by atoms with Crippen LogP contribution in [-0.4, -0.2) is 63.4 Å². The number of hydrogen-bond donors (Lipinski definition) is 1. The first-order valence-electron chi connectivity index (χ1n) is 8.58. The quantitative estimate of drug-likeness (QED) is 0.851. The number of nitrogens with zero attached hydrogens (tertiary/aromatic N) is 2. The minimum Gasteiger partial charge on any atom is -0.316 e. The number of sulfonamides is 1. The highest BCUT2D eigenvalue weighted by Gasteiger charge is 2.28. The summed E-state index contributed by atoms with van der Waals surface area (Å²) in [6, 6.07) is 9.45. The molecule has 24 heavy (non-hydrogen) atoms. The van der Waals surface area contributed by atoms with Crippen LogP contribution in [0.25, 0.3) is 0 Å². The van der Waals surface area contributed by atoms with Gasteiger partial charge in [-0.25, -0.2) is 8.42 Å². The van der Waals surface area contributed by atoms with E-state index in [4.69, 9.17) is 0 Å². The number of hydrogen-bond acceptors (Lipinski definition) is 4. The second-order valence-electron chi connectivity index (χ2n) is 6.65. The summed E-state index contributed by atoms with van der Waals surface area (Å²) in [5, 5.41) is 3.45. The average molecular weight is 374 g/mol. The highest BCUT2D eigenvalue weighted by atomic mass is 35.5. The van der Waals surface area contributed by atoms with E-state index in [1.54, 1.807) is 4.31 Å². The second kappa shape index (κ2) is 9.15. The van der Waals surface area contributed by atoms with Gasteiger partial charge < -0.3 is 10.2 Å². The van der Waals surface area contributed by atoms with E-state index in [9.17, 15) is 8.42 Å². The van der Waals surface area contributed by atoms with E-state index in [-0.39, 0.29) is 18.2 Å². The fourth-order valence-electron chi connectivity index (χ4n) is 3.51. The van der Waals surface area contributed by atoms with Crippen molar-refractivity contribution in [3.8, 4) is 0 Å². The van der Waals surface area contributed by atoms with Gasteiger partial charge >= 0.3 is 0 Å². The van der Waals surface area contributed by atoms with Crippen molar-refractivity contribution in [3.63, 3.8) is 0 Å². The van der Waals surface area contributed by atoms with Gasteiger partial charge in [-0.1, -0.05) is 30.3 Å². The van der Waals surface area contributed by atoms with E-state index >= 15 is 0 Å². The number of piperazine rings is 1. The molecule has 0 spiro atoms. The van der Waals surface area contributed by atoms with Crippen LogP contribution in [0.3, 0.4) is 0 Å². The van der Waals surface area contributed by atoms with Crippen LogP contribution < -0.4 is 5.32 Å². The molecule has 1 atom stereocenters. The summed E-state index contributed by atoms with van der Waals surface area (Å²) < 4.78 is 26.8. The molecule has 2 aliphatic heterocycles. The predicted octanol–water partition coefficient (Wildman–Crippen LogP) is 1.56. The summed E-state index contributed by atoms with van der Waals surface area (Å²) in [7, 11) is -3.20. The monoisotopic (exact) mass is 373 g/mol. The van der Waals surface area contributed by atoms with Crippen LogP contribution in [0.2, 0.25) is 0 Å². The SMILES string of the molecule is Cl.O=S(=O)(Cc1ccccc1)N1CCN(CC2CCCNC2)CC1. The molecule has 0 radical (unpaired) electrons. The van der Waals surface area contributed by atoms with Gasteiger partial charge in [-0.05, 0) is 37.4 Å². The van der Waals surface area contributed by atoms with Gasteiger partial charge in [0, 0.05) is 32.7 Å². The average Bonchev–Trinajstić information content (AvgIpc) is 2.57. The van der Waals surface area contributed by atoms with Gasteiger partial charge in [0.2, 0.25) is 10.0 Å². The Morgan fingerprint density at radius 1 is 1.08 bits per heavy atom. The Balaban J connectivity index is 0.00000208. The third-order valence-electron chi connectivity index (χ3n) is 4.83. The molecule has 1 aromatic rings. The Kier molecular flexibility index (Phi) is 7.50. The summed E-state index contributed by atoms with van der Waals surface area (Å²) in [4.78, 5) is 2.42. The summed E-state index contributed by atoms with van der Waals surface area (Å²) >= 11 is 0. The molecule has 2 heterocycles. The molecule has 1 aromatic carbocycles. The molecule has 2 fully saturated rings. The van der Waals surface area contributed by atoms with Gasteiger partial charge in [0.25, 0.3) is 0 Å². The Hall–Kier alpha value is -0.660. The number of rotatable bonds is 5. The number of piperidine rings is 1. The zero-order chi connectivity index (χ0) is 16.1. The van der Waals surface area contributed by atoms with Crippen LogP contribution in [0.15, 0.2) is 30.3 Å². The van der Waals surface area contributed by atoms with E-state index in [0.29, 0.717) is 13.1 Å². The molecule has 0 aromatic heterocycles. The first kappa shape index (κ1) is 19.7. The van der Waals surface area contributed by atoms with Crippen LogP contribution >= 0.6 is 12.4 Å². The van der Waals surface area contributed by atoms with Crippen molar-refractivity contribution < 1.29 is 8.42 Å². The number of benzene rings is 1. The fraction of sp³-hybridized carbons (Fsp3) is 0.647. The highest BCUT2D eigenvalue weighted by Crippen LogP contribution is 2.16. The lowest BCUT2D eigenvalue weighted by molar-refractivity contribution is 0.154. The van der Waals surface area contributed by atoms with Crippen LogP contribution in [-0.2, 0) is 15.8 Å². The molecule has 5 nitrogen and oxygen atoms in total.